The number of nitrogens with zero attached hydrogens (tertiary/aromatic N) is 2. The first-order valence-electron chi connectivity index (χ1n) is 6.64. The van der Waals surface area contributed by atoms with Crippen LogP contribution in [0.4, 0.5) is 10.5 Å². The van der Waals surface area contributed by atoms with Gasteiger partial charge in [-0.2, -0.15) is 0 Å². The van der Waals surface area contributed by atoms with Gasteiger partial charge in [-0.3, -0.25) is 4.79 Å². The molecule has 2 rings (SSSR count). The molecular formula is C14H20N4O2. The molecule has 1 atom stereocenters. The van der Waals surface area contributed by atoms with Crippen LogP contribution in [-0.4, -0.2) is 61.5 Å². The molecule has 2 N–H and O–H groups in total. The molecule has 1 aliphatic rings. The number of amides is 3. The Bertz CT molecular complexity index is 475. The van der Waals surface area contributed by atoms with Crippen molar-refractivity contribution in [1.82, 2.24) is 15.1 Å². The van der Waals surface area contributed by atoms with Crippen LogP contribution in [0.2, 0.25) is 0 Å². The summed E-state index contributed by atoms with van der Waals surface area (Å²) < 4.78 is 0. The van der Waals surface area contributed by atoms with Crippen LogP contribution >= 0.6 is 0 Å². The first kappa shape index (κ1) is 14.3. The standard InChI is InChI=1S/C14H20N4O2/c1-17(2)13(19)12-10-15-8-9-18(12)14(20)16-11-6-4-3-5-7-11/h3-7,12,15H,8-10H2,1-2H3,(H,16,20). The molecule has 1 aliphatic heterocycles. The van der Waals surface area contributed by atoms with E-state index in [0.29, 0.717) is 19.6 Å². The van der Waals surface area contributed by atoms with Gasteiger partial charge in [-0.25, -0.2) is 4.79 Å². The SMILES string of the molecule is CN(C)C(=O)C1CNCCN1C(=O)Nc1ccccc1. The number of nitrogens with one attached hydrogen (secondary N) is 2. The first-order chi connectivity index (χ1) is 9.59. The highest BCUT2D eigenvalue weighted by Crippen LogP contribution is 2.11. The van der Waals surface area contributed by atoms with Crippen molar-refractivity contribution < 1.29 is 9.59 Å². The van der Waals surface area contributed by atoms with Crippen molar-refractivity contribution in [1.29, 1.82) is 0 Å². The van der Waals surface area contributed by atoms with Crippen LogP contribution in [0, 0.1) is 0 Å². The molecule has 1 fully saturated rings. The molecule has 1 heterocycles. The predicted octanol–water partition coefficient (Wildman–Crippen LogP) is 0.581. The zero-order valence-electron chi connectivity index (χ0n) is 11.8. The van der Waals surface area contributed by atoms with Crippen molar-refractivity contribution in [3.05, 3.63) is 30.3 Å². The predicted molar refractivity (Wildman–Crippen MR) is 77.5 cm³/mol. The topological polar surface area (TPSA) is 64.7 Å². The Balaban J connectivity index is 2.07. The van der Waals surface area contributed by atoms with Crippen molar-refractivity contribution in [3.63, 3.8) is 0 Å². The number of anilines is 1. The summed E-state index contributed by atoms with van der Waals surface area (Å²) in [5.41, 5.74) is 0.729. The Hall–Kier alpha value is -2.08. The third-order valence-corrected chi connectivity index (χ3v) is 3.26. The zero-order chi connectivity index (χ0) is 14.5. The van der Waals surface area contributed by atoms with Crippen molar-refractivity contribution in [2.24, 2.45) is 0 Å². The quantitative estimate of drug-likeness (QED) is 0.830. The molecule has 0 spiro atoms. The Kier molecular flexibility index (Phi) is 4.57. The van der Waals surface area contributed by atoms with E-state index in [4.69, 9.17) is 0 Å². The lowest BCUT2D eigenvalue weighted by atomic mass is 10.2. The Morgan fingerprint density at radius 3 is 2.65 bits per heavy atom. The summed E-state index contributed by atoms with van der Waals surface area (Å²) in [5, 5.41) is 5.97. The van der Waals surface area contributed by atoms with Crippen LogP contribution in [0.25, 0.3) is 0 Å². The molecule has 0 radical (unpaired) electrons. The largest absolute Gasteiger partial charge is 0.347 e. The summed E-state index contributed by atoms with van der Waals surface area (Å²) in [6, 6.07) is 8.55. The van der Waals surface area contributed by atoms with Crippen LogP contribution in [-0.2, 0) is 4.79 Å². The van der Waals surface area contributed by atoms with E-state index in [1.807, 2.05) is 30.3 Å². The minimum absolute atomic E-state index is 0.0691. The number of rotatable bonds is 2. The Morgan fingerprint density at radius 1 is 1.30 bits per heavy atom. The monoisotopic (exact) mass is 276 g/mol. The van der Waals surface area contributed by atoms with Crippen LogP contribution in [0.3, 0.4) is 0 Å². The molecule has 3 amide bonds. The van der Waals surface area contributed by atoms with Gasteiger partial charge in [0.1, 0.15) is 6.04 Å². The molecule has 1 unspecified atom stereocenters. The summed E-state index contributed by atoms with van der Waals surface area (Å²) in [4.78, 5) is 27.6. The third-order valence-electron chi connectivity index (χ3n) is 3.26. The molecule has 1 saturated heterocycles. The minimum Gasteiger partial charge on any atom is -0.347 e. The number of piperazine rings is 1. The highest BCUT2D eigenvalue weighted by atomic mass is 16.2. The van der Waals surface area contributed by atoms with E-state index in [9.17, 15) is 9.59 Å². The van der Waals surface area contributed by atoms with Gasteiger partial charge < -0.3 is 20.4 Å². The van der Waals surface area contributed by atoms with Gasteiger partial charge in [-0.1, -0.05) is 18.2 Å². The maximum Gasteiger partial charge on any atom is 0.322 e. The van der Waals surface area contributed by atoms with Gasteiger partial charge in [0, 0.05) is 39.4 Å². The molecule has 0 aliphatic carbocycles. The molecule has 0 aromatic heterocycles. The van der Waals surface area contributed by atoms with E-state index in [1.54, 1.807) is 19.0 Å². The normalized spacial score (nSPS) is 18.5. The number of carbonyl (C=O) groups excluding carboxylic acids is 2. The second-order valence-corrected chi connectivity index (χ2v) is 4.94. The second kappa shape index (κ2) is 6.38. The molecule has 20 heavy (non-hydrogen) atoms. The molecule has 0 bridgehead atoms. The van der Waals surface area contributed by atoms with Crippen LogP contribution in [0.5, 0.6) is 0 Å². The fourth-order valence-electron chi connectivity index (χ4n) is 2.18. The lowest BCUT2D eigenvalue weighted by Gasteiger charge is -2.36. The summed E-state index contributed by atoms with van der Waals surface area (Å²) in [5.74, 6) is -0.0691. The summed E-state index contributed by atoms with van der Waals surface area (Å²) in [6.45, 7) is 1.70. The van der Waals surface area contributed by atoms with Crippen molar-refractivity contribution >= 4 is 17.6 Å². The van der Waals surface area contributed by atoms with Gasteiger partial charge in [0.15, 0.2) is 0 Å². The van der Waals surface area contributed by atoms with Gasteiger partial charge in [0.05, 0.1) is 0 Å². The lowest BCUT2D eigenvalue weighted by molar-refractivity contribution is -0.133. The molecule has 6 heteroatoms. The van der Waals surface area contributed by atoms with Crippen molar-refractivity contribution in [3.8, 4) is 0 Å². The fourth-order valence-corrected chi connectivity index (χ4v) is 2.18. The average molecular weight is 276 g/mol. The molecule has 108 valence electrons. The zero-order valence-corrected chi connectivity index (χ0v) is 11.8. The number of benzene rings is 1. The van der Waals surface area contributed by atoms with E-state index >= 15 is 0 Å². The van der Waals surface area contributed by atoms with Crippen molar-refractivity contribution in [2.45, 2.75) is 6.04 Å². The maximum absolute atomic E-state index is 12.3. The van der Waals surface area contributed by atoms with Gasteiger partial charge in [-0.15, -0.1) is 0 Å². The van der Waals surface area contributed by atoms with E-state index in [1.165, 1.54) is 4.90 Å². The van der Waals surface area contributed by atoms with Crippen LogP contribution in [0.1, 0.15) is 0 Å². The number of hydrogen-bond acceptors (Lipinski definition) is 3. The Labute approximate surface area is 118 Å². The average Bonchev–Trinajstić information content (AvgIpc) is 2.47. The highest BCUT2D eigenvalue weighted by molar-refractivity contribution is 5.94. The number of likely N-dealkylation sites (N-methyl/N-ethyl adjacent to an activating group) is 1. The third kappa shape index (κ3) is 3.27. The second-order valence-electron chi connectivity index (χ2n) is 4.94. The fraction of sp³-hybridized carbons (Fsp3) is 0.429. The Morgan fingerprint density at radius 2 is 2.00 bits per heavy atom. The minimum atomic E-state index is -0.456. The molecule has 1 aromatic rings. The number of urea groups is 1. The molecular weight excluding hydrogens is 256 g/mol. The highest BCUT2D eigenvalue weighted by Gasteiger charge is 2.32. The van der Waals surface area contributed by atoms with E-state index in [-0.39, 0.29) is 11.9 Å². The number of para-hydroxylation sites is 1. The van der Waals surface area contributed by atoms with Crippen molar-refractivity contribution in [2.75, 3.05) is 39.0 Å². The number of hydrogen-bond donors (Lipinski definition) is 2. The molecule has 1 aromatic carbocycles. The van der Waals surface area contributed by atoms with E-state index in [0.717, 1.165) is 5.69 Å². The van der Waals surface area contributed by atoms with Crippen LogP contribution < -0.4 is 10.6 Å². The van der Waals surface area contributed by atoms with Gasteiger partial charge in [0.2, 0.25) is 5.91 Å². The molecule has 0 saturated carbocycles. The maximum atomic E-state index is 12.3. The van der Waals surface area contributed by atoms with E-state index < -0.39 is 6.04 Å². The van der Waals surface area contributed by atoms with E-state index in [2.05, 4.69) is 10.6 Å². The van der Waals surface area contributed by atoms with Gasteiger partial charge >= 0.3 is 6.03 Å². The smallest absolute Gasteiger partial charge is 0.322 e. The lowest BCUT2D eigenvalue weighted by Crippen LogP contribution is -2.60. The first-order valence-corrected chi connectivity index (χ1v) is 6.64. The van der Waals surface area contributed by atoms with Crippen LogP contribution in [0.15, 0.2) is 30.3 Å². The summed E-state index contributed by atoms with van der Waals surface area (Å²) in [7, 11) is 3.40. The van der Waals surface area contributed by atoms with Gasteiger partial charge in [-0.05, 0) is 12.1 Å². The molecule has 6 nitrogen and oxygen atoms in total. The van der Waals surface area contributed by atoms with Gasteiger partial charge in [0.25, 0.3) is 0 Å². The summed E-state index contributed by atoms with van der Waals surface area (Å²) >= 11 is 0. The number of carbonyl (C=O) groups is 2. The summed E-state index contributed by atoms with van der Waals surface area (Å²) in [6.07, 6.45) is 0.